The van der Waals surface area contributed by atoms with Gasteiger partial charge in [-0.25, -0.2) is 4.79 Å². The smallest absolute Gasteiger partial charge is 0.333 e. The van der Waals surface area contributed by atoms with E-state index in [1.807, 2.05) is 60.7 Å². The van der Waals surface area contributed by atoms with E-state index in [-0.39, 0.29) is 12.4 Å². The fourth-order valence-electron chi connectivity index (χ4n) is 3.56. The summed E-state index contributed by atoms with van der Waals surface area (Å²) >= 11 is 0. The largest absolute Gasteiger partial charge is 0.481 e. The van der Waals surface area contributed by atoms with Crippen LogP contribution in [0.2, 0.25) is 0 Å². The monoisotopic (exact) mass is 412 g/mol. The molecule has 5 heteroatoms. The first kappa shape index (κ1) is 20.4. The van der Waals surface area contributed by atoms with Crippen molar-refractivity contribution in [1.29, 1.82) is 0 Å². The van der Waals surface area contributed by atoms with Crippen LogP contribution in [-0.2, 0) is 16.0 Å². The molecule has 1 aliphatic carbocycles. The van der Waals surface area contributed by atoms with Crippen LogP contribution < -0.4 is 4.74 Å². The molecule has 0 heterocycles. The van der Waals surface area contributed by atoms with Gasteiger partial charge in [0.1, 0.15) is 12.4 Å². The number of carbonyl (C=O) groups excluding carboxylic acids is 1. The van der Waals surface area contributed by atoms with Crippen LogP contribution in [0.25, 0.3) is 11.1 Å². The van der Waals surface area contributed by atoms with E-state index in [2.05, 4.69) is 11.8 Å². The van der Waals surface area contributed by atoms with Crippen LogP contribution in [0.5, 0.6) is 5.75 Å². The average molecular weight is 412 g/mol. The Labute approximate surface area is 180 Å². The molecular formula is C26H20O5. The molecule has 1 unspecified atom stereocenters. The average Bonchev–Trinajstić information content (AvgIpc) is 3.07. The highest BCUT2D eigenvalue weighted by atomic mass is 16.5. The summed E-state index contributed by atoms with van der Waals surface area (Å²) in [5.41, 5.74) is 4.92. The third-order valence-electron chi connectivity index (χ3n) is 5.18. The van der Waals surface area contributed by atoms with E-state index in [1.165, 1.54) is 7.11 Å². The zero-order valence-electron chi connectivity index (χ0n) is 16.9. The Morgan fingerprint density at radius 3 is 2.39 bits per heavy atom. The van der Waals surface area contributed by atoms with Gasteiger partial charge in [-0.05, 0) is 47.0 Å². The van der Waals surface area contributed by atoms with Gasteiger partial charge in [0, 0.05) is 30.2 Å². The Bertz CT molecular complexity index is 1200. The number of rotatable bonds is 6. The number of hydrogen-bond acceptors (Lipinski definition) is 4. The SMILES string of the molecule is COC(Cc1ccc(C#CCOc2ccc3c(c2)C(=O)c2ccccc2-3)cc1)C(=O)O. The molecule has 0 fully saturated rings. The lowest BCUT2D eigenvalue weighted by Crippen LogP contribution is -2.24. The number of ether oxygens (including phenoxy) is 2. The van der Waals surface area contributed by atoms with Crippen LogP contribution in [0.4, 0.5) is 0 Å². The highest BCUT2D eigenvalue weighted by Crippen LogP contribution is 2.37. The van der Waals surface area contributed by atoms with E-state index in [0.29, 0.717) is 17.7 Å². The summed E-state index contributed by atoms with van der Waals surface area (Å²) in [6.07, 6.45) is -0.568. The fraction of sp³-hybridized carbons (Fsp3) is 0.154. The summed E-state index contributed by atoms with van der Waals surface area (Å²) in [6, 6.07) is 20.4. The zero-order valence-corrected chi connectivity index (χ0v) is 16.9. The van der Waals surface area contributed by atoms with Gasteiger partial charge < -0.3 is 14.6 Å². The third-order valence-corrected chi connectivity index (χ3v) is 5.18. The highest BCUT2D eigenvalue weighted by molar-refractivity contribution is 6.21. The quantitative estimate of drug-likeness (QED) is 0.485. The maximum Gasteiger partial charge on any atom is 0.333 e. The van der Waals surface area contributed by atoms with E-state index in [9.17, 15) is 9.59 Å². The minimum atomic E-state index is -0.986. The van der Waals surface area contributed by atoms with Crippen LogP contribution in [0.15, 0.2) is 66.7 Å². The van der Waals surface area contributed by atoms with Gasteiger partial charge in [0.05, 0.1) is 0 Å². The molecule has 1 atom stereocenters. The normalized spacial score (nSPS) is 12.4. The molecule has 0 radical (unpaired) electrons. The molecule has 0 aliphatic heterocycles. The highest BCUT2D eigenvalue weighted by Gasteiger charge is 2.26. The van der Waals surface area contributed by atoms with Gasteiger partial charge in [-0.2, -0.15) is 0 Å². The molecule has 3 aromatic rings. The number of methoxy groups -OCH3 is 1. The number of benzene rings is 3. The Morgan fingerprint density at radius 2 is 1.68 bits per heavy atom. The van der Waals surface area contributed by atoms with Crippen molar-refractivity contribution < 1.29 is 24.2 Å². The predicted octanol–water partition coefficient (Wildman–Crippen LogP) is 3.97. The standard InChI is InChI=1S/C26H20O5/c1-30-24(26(28)29)15-18-10-8-17(9-11-18)5-4-14-31-19-12-13-21-20-6-2-3-7-22(20)25(27)23(21)16-19/h2-3,6-13,16,24H,14-15H2,1H3,(H,28,29). The second-order valence-corrected chi connectivity index (χ2v) is 7.14. The number of carbonyl (C=O) groups is 2. The summed E-state index contributed by atoms with van der Waals surface area (Å²) in [5.74, 6) is 5.61. The first-order chi connectivity index (χ1) is 15.1. The van der Waals surface area contributed by atoms with E-state index in [4.69, 9.17) is 14.6 Å². The van der Waals surface area contributed by atoms with Crippen molar-refractivity contribution in [2.24, 2.45) is 0 Å². The lowest BCUT2D eigenvalue weighted by atomic mass is 10.1. The van der Waals surface area contributed by atoms with Crippen molar-refractivity contribution in [3.63, 3.8) is 0 Å². The molecule has 0 spiro atoms. The van der Waals surface area contributed by atoms with Gasteiger partial charge in [-0.1, -0.05) is 48.2 Å². The van der Waals surface area contributed by atoms with Crippen molar-refractivity contribution >= 4 is 11.8 Å². The number of carboxylic acid groups (broad SMARTS) is 1. The number of fused-ring (bicyclic) bond motifs is 3. The molecule has 4 rings (SSSR count). The third kappa shape index (κ3) is 4.35. The molecule has 1 N–H and O–H groups in total. The predicted molar refractivity (Wildman–Crippen MR) is 116 cm³/mol. The minimum Gasteiger partial charge on any atom is -0.481 e. The van der Waals surface area contributed by atoms with E-state index in [1.54, 1.807) is 6.07 Å². The Balaban J connectivity index is 1.37. The van der Waals surface area contributed by atoms with Crippen molar-refractivity contribution in [1.82, 2.24) is 0 Å². The second kappa shape index (κ2) is 8.86. The topological polar surface area (TPSA) is 72.8 Å². The van der Waals surface area contributed by atoms with Crippen LogP contribution in [0.3, 0.4) is 0 Å². The maximum atomic E-state index is 12.6. The van der Waals surface area contributed by atoms with E-state index < -0.39 is 12.1 Å². The molecule has 0 amide bonds. The van der Waals surface area contributed by atoms with Crippen LogP contribution in [0, 0.1) is 11.8 Å². The fourth-order valence-corrected chi connectivity index (χ4v) is 3.56. The summed E-state index contributed by atoms with van der Waals surface area (Å²) in [4.78, 5) is 23.6. The van der Waals surface area contributed by atoms with Crippen LogP contribution in [0.1, 0.15) is 27.0 Å². The van der Waals surface area contributed by atoms with E-state index >= 15 is 0 Å². The lowest BCUT2D eigenvalue weighted by molar-refractivity contribution is -0.148. The molecule has 0 aromatic heterocycles. The minimum absolute atomic E-state index is 0.0147. The number of carboxylic acids is 1. The summed E-state index contributed by atoms with van der Waals surface area (Å²) in [7, 11) is 1.38. The first-order valence-electron chi connectivity index (χ1n) is 9.81. The lowest BCUT2D eigenvalue weighted by Gasteiger charge is -2.10. The second-order valence-electron chi connectivity index (χ2n) is 7.14. The van der Waals surface area contributed by atoms with Gasteiger partial charge in [0.15, 0.2) is 11.9 Å². The number of aliphatic carboxylic acids is 1. The van der Waals surface area contributed by atoms with Crippen molar-refractivity contribution in [2.45, 2.75) is 12.5 Å². The molecule has 1 aliphatic rings. The van der Waals surface area contributed by atoms with Crippen LogP contribution in [-0.4, -0.2) is 36.7 Å². The summed E-state index contributed by atoms with van der Waals surface area (Å²) < 4.78 is 10.7. The van der Waals surface area contributed by atoms with Gasteiger partial charge in [-0.15, -0.1) is 0 Å². The Hall–Kier alpha value is -3.88. The van der Waals surface area contributed by atoms with Crippen molar-refractivity contribution in [3.8, 4) is 28.7 Å². The van der Waals surface area contributed by atoms with Crippen LogP contribution >= 0.6 is 0 Å². The summed E-state index contributed by atoms with van der Waals surface area (Å²) in [5, 5.41) is 9.06. The molecule has 3 aromatic carbocycles. The van der Waals surface area contributed by atoms with Gasteiger partial charge in [0.2, 0.25) is 0 Å². The zero-order chi connectivity index (χ0) is 21.8. The van der Waals surface area contributed by atoms with Gasteiger partial charge in [-0.3, -0.25) is 4.79 Å². The number of ketones is 1. The molecule has 154 valence electrons. The first-order valence-corrected chi connectivity index (χ1v) is 9.81. The molecule has 31 heavy (non-hydrogen) atoms. The van der Waals surface area contributed by atoms with Crippen molar-refractivity contribution in [3.05, 3.63) is 89.0 Å². The van der Waals surface area contributed by atoms with E-state index in [0.717, 1.165) is 27.8 Å². The van der Waals surface area contributed by atoms with Gasteiger partial charge >= 0.3 is 5.97 Å². The van der Waals surface area contributed by atoms with Gasteiger partial charge in [0.25, 0.3) is 0 Å². The maximum absolute atomic E-state index is 12.6. The molecule has 0 saturated heterocycles. The van der Waals surface area contributed by atoms with Crippen molar-refractivity contribution in [2.75, 3.05) is 13.7 Å². The Morgan fingerprint density at radius 1 is 0.968 bits per heavy atom. The molecule has 0 saturated carbocycles. The molecular weight excluding hydrogens is 392 g/mol. The summed E-state index contributed by atoms with van der Waals surface area (Å²) in [6.45, 7) is 0.187. The Kier molecular flexibility index (Phi) is 5.83. The molecule has 0 bridgehead atoms. The molecule has 5 nitrogen and oxygen atoms in total. The number of hydrogen-bond donors (Lipinski definition) is 1.